The summed E-state index contributed by atoms with van der Waals surface area (Å²) in [5, 5.41) is 2.83. The second-order valence-electron chi connectivity index (χ2n) is 4.91. The summed E-state index contributed by atoms with van der Waals surface area (Å²) in [6.45, 7) is -0.135. The Labute approximate surface area is 149 Å². The van der Waals surface area contributed by atoms with Crippen LogP contribution in [0.4, 0.5) is 0 Å². The fraction of sp³-hybridized carbons (Fsp3) is 0.235. The Balaban J connectivity index is 1.83. The summed E-state index contributed by atoms with van der Waals surface area (Å²) >= 11 is 5.70. The Kier molecular flexibility index (Phi) is 6.59. The summed E-state index contributed by atoms with van der Waals surface area (Å²) in [4.78, 5) is 27.4. The van der Waals surface area contributed by atoms with Crippen molar-refractivity contribution < 1.29 is 23.8 Å². The molecule has 1 aromatic carbocycles. The maximum Gasteiger partial charge on any atom is 0.338 e. The van der Waals surface area contributed by atoms with E-state index in [1.807, 2.05) is 0 Å². The van der Waals surface area contributed by atoms with Gasteiger partial charge in [0.2, 0.25) is 0 Å². The summed E-state index contributed by atoms with van der Waals surface area (Å²) in [6.07, 6.45) is 1.38. The largest absolute Gasteiger partial charge is 0.493 e. The van der Waals surface area contributed by atoms with Crippen LogP contribution in [0.3, 0.4) is 0 Å². The number of methoxy groups -OCH3 is 2. The smallest absolute Gasteiger partial charge is 0.338 e. The number of carbonyl (C=O) groups excluding carboxylic acids is 2. The van der Waals surface area contributed by atoms with Gasteiger partial charge in [-0.05, 0) is 29.8 Å². The fourth-order valence-electron chi connectivity index (χ4n) is 1.99. The van der Waals surface area contributed by atoms with Crippen LogP contribution in [0.1, 0.15) is 15.9 Å². The lowest BCUT2D eigenvalue weighted by molar-refractivity contribution is -0.124. The molecule has 2 aromatic rings. The van der Waals surface area contributed by atoms with E-state index in [0.29, 0.717) is 11.5 Å². The van der Waals surface area contributed by atoms with Crippen LogP contribution >= 0.6 is 11.6 Å². The van der Waals surface area contributed by atoms with Gasteiger partial charge >= 0.3 is 5.97 Å². The van der Waals surface area contributed by atoms with Crippen molar-refractivity contribution in [3.8, 4) is 11.5 Å². The Hall–Kier alpha value is -2.80. The monoisotopic (exact) mass is 364 g/mol. The lowest BCUT2D eigenvalue weighted by atomic mass is 10.2. The molecule has 132 valence electrons. The maximum atomic E-state index is 11.8. The van der Waals surface area contributed by atoms with Gasteiger partial charge in [0.25, 0.3) is 5.91 Å². The number of hydrogen-bond donors (Lipinski definition) is 1. The molecule has 0 bridgehead atoms. The van der Waals surface area contributed by atoms with Gasteiger partial charge in [0, 0.05) is 12.7 Å². The lowest BCUT2D eigenvalue weighted by Crippen LogP contribution is -2.28. The van der Waals surface area contributed by atoms with Crippen LogP contribution in [0.25, 0.3) is 0 Å². The minimum absolute atomic E-state index is 0.173. The van der Waals surface area contributed by atoms with E-state index >= 15 is 0 Å². The van der Waals surface area contributed by atoms with E-state index in [9.17, 15) is 9.59 Å². The average molecular weight is 365 g/mol. The SMILES string of the molecule is COc1ccc(CNC(=O)COC(=O)c2ccnc(Cl)c2)cc1OC. The number of aromatic nitrogens is 1. The predicted octanol–water partition coefficient (Wildman–Crippen LogP) is 2.23. The fourth-order valence-corrected chi connectivity index (χ4v) is 2.16. The molecule has 0 saturated carbocycles. The Morgan fingerprint density at radius 3 is 2.56 bits per heavy atom. The summed E-state index contributed by atoms with van der Waals surface area (Å²) in [5.41, 5.74) is 1.05. The van der Waals surface area contributed by atoms with Crippen molar-refractivity contribution in [1.29, 1.82) is 0 Å². The summed E-state index contributed by atoms with van der Waals surface area (Å²) in [6, 6.07) is 8.12. The highest BCUT2D eigenvalue weighted by Crippen LogP contribution is 2.27. The molecule has 2 rings (SSSR count). The number of rotatable bonds is 7. The lowest BCUT2D eigenvalue weighted by Gasteiger charge is -2.10. The normalized spacial score (nSPS) is 10.0. The number of nitrogens with zero attached hydrogens (tertiary/aromatic N) is 1. The summed E-state index contributed by atoms with van der Waals surface area (Å²) in [5.74, 6) is 0.0895. The molecule has 7 nitrogen and oxygen atoms in total. The van der Waals surface area contributed by atoms with Crippen LogP contribution in [-0.2, 0) is 16.1 Å². The number of pyridine rings is 1. The van der Waals surface area contributed by atoms with E-state index in [1.165, 1.54) is 25.4 Å². The molecule has 1 aromatic heterocycles. The van der Waals surface area contributed by atoms with Crippen molar-refractivity contribution in [3.05, 3.63) is 52.8 Å². The first-order valence-corrected chi connectivity index (χ1v) is 7.67. The molecule has 1 amide bonds. The topological polar surface area (TPSA) is 86.8 Å². The Morgan fingerprint density at radius 1 is 1.12 bits per heavy atom. The van der Waals surface area contributed by atoms with Crippen LogP contribution < -0.4 is 14.8 Å². The standard InChI is InChI=1S/C17H17ClN2O5/c1-23-13-4-3-11(7-14(13)24-2)9-20-16(21)10-25-17(22)12-5-6-19-15(18)8-12/h3-8H,9-10H2,1-2H3,(H,20,21). The molecule has 0 saturated heterocycles. The highest BCUT2D eigenvalue weighted by Gasteiger charge is 2.11. The van der Waals surface area contributed by atoms with Gasteiger partial charge in [0.1, 0.15) is 5.15 Å². The molecule has 0 fully saturated rings. The van der Waals surface area contributed by atoms with E-state index in [-0.39, 0.29) is 17.3 Å². The highest BCUT2D eigenvalue weighted by atomic mass is 35.5. The number of nitrogens with one attached hydrogen (secondary N) is 1. The van der Waals surface area contributed by atoms with Crippen molar-refractivity contribution in [2.75, 3.05) is 20.8 Å². The zero-order chi connectivity index (χ0) is 18.2. The molecule has 1 N–H and O–H groups in total. The minimum atomic E-state index is -0.648. The number of hydrogen-bond acceptors (Lipinski definition) is 6. The van der Waals surface area contributed by atoms with Gasteiger partial charge in [-0.2, -0.15) is 0 Å². The Bertz CT molecular complexity index is 766. The number of amides is 1. The molecular weight excluding hydrogens is 348 g/mol. The summed E-state index contributed by atoms with van der Waals surface area (Å²) in [7, 11) is 3.08. The van der Waals surface area contributed by atoms with Gasteiger partial charge in [-0.1, -0.05) is 17.7 Å². The van der Waals surface area contributed by atoms with E-state index in [1.54, 1.807) is 25.3 Å². The van der Waals surface area contributed by atoms with Crippen LogP contribution in [0.15, 0.2) is 36.5 Å². The van der Waals surface area contributed by atoms with Crippen LogP contribution in [-0.4, -0.2) is 37.7 Å². The van der Waals surface area contributed by atoms with Crippen molar-refractivity contribution in [2.45, 2.75) is 6.54 Å². The van der Waals surface area contributed by atoms with Gasteiger partial charge in [0.15, 0.2) is 18.1 Å². The zero-order valence-electron chi connectivity index (χ0n) is 13.7. The Morgan fingerprint density at radius 2 is 1.88 bits per heavy atom. The number of ether oxygens (including phenoxy) is 3. The molecular formula is C17H17ClN2O5. The average Bonchev–Trinajstić information content (AvgIpc) is 2.64. The van der Waals surface area contributed by atoms with Gasteiger partial charge in [-0.3, -0.25) is 4.79 Å². The van der Waals surface area contributed by atoms with Crippen LogP contribution in [0.2, 0.25) is 5.15 Å². The third-order valence-electron chi connectivity index (χ3n) is 3.23. The van der Waals surface area contributed by atoms with Crippen molar-refractivity contribution >= 4 is 23.5 Å². The number of esters is 1. The second kappa shape index (κ2) is 8.89. The minimum Gasteiger partial charge on any atom is -0.493 e. The van der Waals surface area contributed by atoms with E-state index in [4.69, 9.17) is 25.8 Å². The molecule has 0 unspecified atom stereocenters. The zero-order valence-corrected chi connectivity index (χ0v) is 14.5. The third kappa shape index (κ3) is 5.36. The van der Waals surface area contributed by atoms with E-state index < -0.39 is 18.5 Å². The quantitative estimate of drug-likeness (QED) is 0.599. The van der Waals surface area contributed by atoms with E-state index in [0.717, 1.165) is 5.56 Å². The van der Waals surface area contributed by atoms with Crippen LogP contribution in [0.5, 0.6) is 11.5 Å². The molecule has 0 aliphatic carbocycles. The first-order chi connectivity index (χ1) is 12.0. The van der Waals surface area contributed by atoms with Gasteiger partial charge in [0.05, 0.1) is 19.8 Å². The first-order valence-electron chi connectivity index (χ1n) is 7.29. The molecule has 0 spiro atoms. The molecule has 25 heavy (non-hydrogen) atoms. The van der Waals surface area contributed by atoms with E-state index in [2.05, 4.69) is 10.3 Å². The van der Waals surface area contributed by atoms with Crippen molar-refractivity contribution in [3.63, 3.8) is 0 Å². The van der Waals surface area contributed by atoms with Gasteiger partial charge in [-0.15, -0.1) is 0 Å². The number of carbonyl (C=O) groups is 2. The molecule has 8 heteroatoms. The van der Waals surface area contributed by atoms with Gasteiger partial charge < -0.3 is 19.5 Å². The first kappa shape index (κ1) is 18.5. The second-order valence-corrected chi connectivity index (χ2v) is 5.30. The van der Waals surface area contributed by atoms with Crippen LogP contribution in [0, 0.1) is 0 Å². The molecule has 0 atom stereocenters. The van der Waals surface area contributed by atoms with Crippen molar-refractivity contribution in [1.82, 2.24) is 10.3 Å². The molecule has 0 radical (unpaired) electrons. The summed E-state index contributed by atoms with van der Waals surface area (Å²) < 4.78 is 15.3. The number of halogens is 1. The molecule has 1 heterocycles. The predicted molar refractivity (Wildman–Crippen MR) is 90.9 cm³/mol. The van der Waals surface area contributed by atoms with Crippen molar-refractivity contribution in [2.24, 2.45) is 0 Å². The van der Waals surface area contributed by atoms with Gasteiger partial charge in [-0.25, -0.2) is 9.78 Å². The number of benzene rings is 1. The highest BCUT2D eigenvalue weighted by molar-refractivity contribution is 6.29. The molecule has 0 aliphatic rings. The third-order valence-corrected chi connectivity index (χ3v) is 3.44. The maximum absolute atomic E-state index is 11.8. The molecule has 0 aliphatic heterocycles.